The Bertz CT molecular complexity index is 540. The van der Waals surface area contributed by atoms with Crippen LogP contribution in [0.25, 0.3) is 0 Å². The minimum absolute atomic E-state index is 0.0502. The maximum Gasteiger partial charge on any atom is 0.0596 e. The fourth-order valence-electron chi connectivity index (χ4n) is 5.55. The van der Waals surface area contributed by atoms with E-state index < -0.39 is 0 Å². The predicted molar refractivity (Wildman–Crippen MR) is 89.8 cm³/mol. The minimum Gasteiger partial charge on any atom is -0.393 e. The standard InChI is InChI=1S/C18H23IO/c1-18-10-9-12-11-3-2-4-16(19)14(11)6-5-13(12)15(18)7-8-17(18)20/h2-4,12-13,15,17,20H,5-10H2,1H3/t12-,13-,15+,17+,18+/m1/s1. The molecule has 0 amide bonds. The van der Waals surface area contributed by atoms with Crippen LogP contribution in [0.5, 0.6) is 0 Å². The lowest BCUT2D eigenvalue weighted by molar-refractivity contribution is -0.0226. The van der Waals surface area contributed by atoms with Crippen LogP contribution in [0.1, 0.15) is 56.1 Å². The summed E-state index contributed by atoms with van der Waals surface area (Å²) in [6.45, 7) is 2.36. The van der Waals surface area contributed by atoms with E-state index in [0.717, 1.165) is 24.2 Å². The lowest BCUT2D eigenvalue weighted by Crippen LogP contribution is -2.44. The Labute approximate surface area is 135 Å². The van der Waals surface area contributed by atoms with Gasteiger partial charge in [-0.1, -0.05) is 19.1 Å². The van der Waals surface area contributed by atoms with Crippen molar-refractivity contribution in [1.29, 1.82) is 0 Å². The molecule has 2 heteroatoms. The van der Waals surface area contributed by atoms with Crippen LogP contribution in [0.15, 0.2) is 18.2 Å². The van der Waals surface area contributed by atoms with E-state index in [9.17, 15) is 5.11 Å². The molecular formula is C18H23IO. The van der Waals surface area contributed by atoms with Gasteiger partial charge in [0.05, 0.1) is 6.10 Å². The van der Waals surface area contributed by atoms with Gasteiger partial charge < -0.3 is 5.11 Å². The summed E-state index contributed by atoms with van der Waals surface area (Å²) in [7, 11) is 0. The van der Waals surface area contributed by atoms with E-state index in [0.29, 0.717) is 0 Å². The summed E-state index contributed by atoms with van der Waals surface area (Å²) in [4.78, 5) is 0. The van der Waals surface area contributed by atoms with Crippen LogP contribution >= 0.6 is 22.6 Å². The number of hydrogen-bond acceptors (Lipinski definition) is 1. The first kappa shape index (κ1) is 13.6. The van der Waals surface area contributed by atoms with Crippen molar-refractivity contribution in [3.05, 3.63) is 32.9 Å². The molecule has 0 unspecified atom stereocenters. The third-order valence-electron chi connectivity index (χ3n) is 6.67. The van der Waals surface area contributed by atoms with Crippen LogP contribution in [0.4, 0.5) is 0 Å². The molecule has 108 valence electrons. The summed E-state index contributed by atoms with van der Waals surface area (Å²) < 4.78 is 1.46. The molecule has 0 saturated heterocycles. The molecular weight excluding hydrogens is 359 g/mol. The summed E-state index contributed by atoms with van der Waals surface area (Å²) >= 11 is 2.50. The van der Waals surface area contributed by atoms with E-state index in [2.05, 4.69) is 47.7 Å². The van der Waals surface area contributed by atoms with Crippen molar-refractivity contribution >= 4 is 22.6 Å². The molecule has 0 radical (unpaired) electrons. The molecule has 1 aromatic rings. The fourth-order valence-corrected chi connectivity index (χ4v) is 6.33. The number of hydrogen-bond donors (Lipinski definition) is 1. The van der Waals surface area contributed by atoms with Gasteiger partial charge in [-0.05, 0) is 101 Å². The van der Waals surface area contributed by atoms with Gasteiger partial charge in [-0.15, -0.1) is 0 Å². The molecule has 0 bridgehead atoms. The Kier molecular flexibility index (Phi) is 3.19. The normalized spacial score (nSPS) is 42.8. The van der Waals surface area contributed by atoms with Gasteiger partial charge in [0.2, 0.25) is 0 Å². The number of benzene rings is 1. The molecule has 2 fully saturated rings. The lowest BCUT2D eigenvalue weighted by atomic mass is 9.55. The minimum atomic E-state index is -0.0502. The van der Waals surface area contributed by atoms with Crippen LogP contribution in [0.3, 0.4) is 0 Å². The Hall–Kier alpha value is -0.0900. The molecule has 0 spiro atoms. The highest BCUT2D eigenvalue weighted by atomic mass is 127. The van der Waals surface area contributed by atoms with Crippen molar-refractivity contribution in [3.8, 4) is 0 Å². The monoisotopic (exact) mass is 382 g/mol. The van der Waals surface area contributed by atoms with Crippen LogP contribution in [0.2, 0.25) is 0 Å². The molecule has 1 nitrogen and oxygen atoms in total. The third kappa shape index (κ3) is 1.76. The first-order valence-electron chi connectivity index (χ1n) is 8.06. The van der Waals surface area contributed by atoms with Crippen LogP contribution in [-0.2, 0) is 6.42 Å². The Balaban J connectivity index is 1.73. The van der Waals surface area contributed by atoms with Crippen molar-refractivity contribution in [2.24, 2.45) is 17.3 Å². The number of aliphatic hydroxyl groups excluding tert-OH is 1. The van der Waals surface area contributed by atoms with Gasteiger partial charge in [0.25, 0.3) is 0 Å². The molecule has 0 aromatic heterocycles. The van der Waals surface area contributed by atoms with Crippen LogP contribution < -0.4 is 0 Å². The second kappa shape index (κ2) is 4.70. The summed E-state index contributed by atoms with van der Waals surface area (Å²) in [6, 6.07) is 6.87. The zero-order chi connectivity index (χ0) is 13.9. The molecule has 5 atom stereocenters. The Morgan fingerprint density at radius 3 is 2.90 bits per heavy atom. The maximum atomic E-state index is 10.4. The average Bonchev–Trinajstić information content (AvgIpc) is 2.75. The van der Waals surface area contributed by atoms with Crippen LogP contribution in [-0.4, -0.2) is 11.2 Å². The summed E-state index contributed by atoms with van der Waals surface area (Å²) in [5.74, 6) is 2.33. The smallest absolute Gasteiger partial charge is 0.0596 e. The number of fused-ring (bicyclic) bond motifs is 5. The predicted octanol–water partition coefficient (Wildman–Crippen LogP) is 4.51. The van der Waals surface area contributed by atoms with Crippen molar-refractivity contribution in [3.63, 3.8) is 0 Å². The van der Waals surface area contributed by atoms with Crippen molar-refractivity contribution in [2.45, 2.75) is 57.5 Å². The largest absolute Gasteiger partial charge is 0.393 e. The van der Waals surface area contributed by atoms with E-state index in [1.807, 2.05) is 0 Å². The zero-order valence-corrected chi connectivity index (χ0v) is 14.3. The quantitative estimate of drug-likeness (QED) is 0.655. The van der Waals surface area contributed by atoms with E-state index >= 15 is 0 Å². The van der Waals surface area contributed by atoms with Gasteiger partial charge in [-0.2, -0.15) is 0 Å². The summed E-state index contributed by atoms with van der Waals surface area (Å²) in [5, 5.41) is 10.4. The summed E-state index contributed by atoms with van der Waals surface area (Å²) in [5.41, 5.74) is 3.47. The van der Waals surface area contributed by atoms with Gasteiger partial charge >= 0.3 is 0 Å². The van der Waals surface area contributed by atoms with Gasteiger partial charge in [0.15, 0.2) is 0 Å². The van der Waals surface area contributed by atoms with Gasteiger partial charge in [0.1, 0.15) is 0 Å². The second-order valence-corrected chi connectivity index (χ2v) is 8.52. The van der Waals surface area contributed by atoms with Crippen molar-refractivity contribution in [2.75, 3.05) is 0 Å². The Morgan fingerprint density at radius 2 is 2.05 bits per heavy atom. The van der Waals surface area contributed by atoms with E-state index in [4.69, 9.17) is 0 Å². The van der Waals surface area contributed by atoms with E-state index in [1.54, 1.807) is 11.1 Å². The third-order valence-corrected chi connectivity index (χ3v) is 7.68. The highest BCUT2D eigenvalue weighted by Crippen LogP contribution is 2.60. The lowest BCUT2D eigenvalue weighted by Gasteiger charge is -2.50. The fraction of sp³-hybridized carbons (Fsp3) is 0.667. The van der Waals surface area contributed by atoms with Gasteiger partial charge in [-0.25, -0.2) is 0 Å². The molecule has 0 aliphatic heterocycles. The number of rotatable bonds is 0. The number of aliphatic hydroxyl groups is 1. The molecule has 4 rings (SSSR count). The molecule has 1 aromatic carbocycles. The topological polar surface area (TPSA) is 20.2 Å². The van der Waals surface area contributed by atoms with E-state index in [-0.39, 0.29) is 11.5 Å². The average molecular weight is 382 g/mol. The van der Waals surface area contributed by atoms with Gasteiger partial charge in [-0.3, -0.25) is 0 Å². The van der Waals surface area contributed by atoms with Crippen LogP contribution in [0, 0.1) is 20.8 Å². The van der Waals surface area contributed by atoms with Crippen molar-refractivity contribution in [1.82, 2.24) is 0 Å². The molecule has 3 aliphatic rings. The molecule has 2 saturated carbocycles. The molecule has 3 aliphatic carbocycles. The molecule has 20 heavy (non-hydrogen) atoms. The summed E-state index contributed by atoms with van der Waals surface area (Å²) in [6.07, 6.45) is 7.31. The SMILES string of the molecule is C[C@]12CC[C@@H]3c4cccc(I)c4CC[C@H]3[C@@H]1CC[C@@H]2O. The second-order valence-electron chi connectivity index (χ2n) is 7.36. The molecule has 0 heterocycles. The Morgan fingerprint density at radius 1 is 1.20 bits per heavy atom. The zero-order valence-electron chi connectivity index (χ0n) is 12.1. The van der Waals surface area contributed by atoms with Gasteiger partial charge in [0, 0.05) is 3.57 Å². The first-order valence-corrected chi connectivity index (χ1v) is 9.14. The highest BCUT2D eigenvalue weighted by Gasteiger charge is 2.54. The molecule has 1 N–H and O–H groups in total. The maximum absolute atomic E-state index is 10.4. The highest BCUT2D eigenvalue weighted by molar-refractivity contribution is 14.1. The van der Waals surface area contributed by atoms with Crippen molar-refractivity contribution < 1.29 is 5.11 Å². The van der Waals surface area contributed by atoms with E-state index in [1.165, 1.54) is 35.7 Å². The first-order chi connectivity index (χ1) is 9.61. The number of halogens is 1.